The number of hydrogen-bond donors (Lipinski definition) is 3. The zero-order valence-corrected chi connectivity index (χ0v) is 19.2. The van der Waals surface area contributed by atoms with Gasteiger partial charge in [0.05, 0.1) is 45.8 Å². The second-order valence-electron chi connectivity index (χ2n) is 7.42. The number of nitrogens with one attached hydrogen (secondary N) is 3. The minimum atomic E-state index is -0.299. The Hall–Kier alpha value is -3.63. The van der Waals surface area contributed by atoms with E-state index >= 15 is 0 Å². The van der Waals surface area contributed by atoms with Gasteiger partial charge in [-0.3, -0.25) is 10.2 Å². The van der Waals surface area contributed by atoms with Crippen molar-refractivity contribution in [1.29, 1.82) is 0 Å². The highest BCUT2D eigenvalue weighted by Crippen LogP contribution is 2.42. The molecular weight excluding hydrogens is 441 g/mol. The Kier molecular flexibility index (Phi) is 7.95. The van der Waals surface area contributed by atoms with Crippen LogP contribution in [0, 0.1) is 5.82 Å². The zero-order valence-electron chi connectivity index (χ0n) is 19.2. The lowest BCUT2D eigenvalue weighted by Gasteiger charge is -2.11. The van der Waals surface area contributed by atoms with E-state index in [0.717, 1.165) is 27.8 Å². The van der Waals surface area contributed by atoms with E-state index in [1.54, 1.807) is 26.3 Å². The molecule has 180 valence electrons. The van der Waals surface area contributed by atoms with Crippen molar-refractivity contribution in [3.8, 4) is 22.8 Å². The summed E-state index contributed by atoms with van der Waals surface area (Å²) in [6.07, 6.45) is 0. The first kappa shape index (κ1) is 23.5. The number of benzene rings is 2. The molecule has 10 heteroatoms. The van der Waals surface area contributed by atoms with Crippen molar-refractivity contribution in [2.24, 2.45) is 10.2 Å². The fraction of sp³-hybridized carbons (Fsp3) is 0.333. The second kappa shape index (κ2) is 11.5. The molecule has 0 amide bonds. The molecule has 0 spiro atoms. The maximum Gasteiger partial charge on any atom is 0.161 e. The lowest BCUT2D eigenvalue weighted by molar-refractivity contribution is 0.0383. The van der Waals surface area contributed by atoms with Gasteiger partial charge in [-0.1, -0.05) is 6.07 Å². The quantitative estimate of drug-likeness (QED) is 0.189. The fourth-order valence-corrected chi connectivity index (χ4v) is 3.63. The molecule has 0 bridgehead atoms. The molecule has 2 aromatic carbocycles. The van der Waals surface area contributed by atoms with Crippen molar-refractivity contribution < 1.29 is 23.3 Å². The van der Waals surface area contributed by atoms with Gasteiger partial charge in [0, 0.05) is 23.7 Å². The van der Waals surface area contributed by atoms with Crippen LogP contribution in [0.2, 0.25) is 0 Å². The van der Waals surface area contributed by atoms with Gasteiger partial charge in [0.2, 0.25) is 0 Å². The van der Waals surface area contributed by atoms with E-state index in [9.17, 15) is 4.39 Å². The Morgan fingerprint density at radius 3 is 2.56 bits per heavy atom. The van der Waals surface area contributed by atoms with Crippen LogP contribution in [0.25, 0.3) is 22.0 Å². The van der Waals surface area contributed by atoms with Crippen molar-refractivity contribution in [3.05, 3.63) is 48.3 Å². The molecule has 4 rings (SSSR count). The van der Waals surface area contributed by atoms with Gasteiger partial charge in [-0.2, -0.15) is 10.2 Å². The third-order valence-electron chi connectivity index (χ3n) is 5.18. The molecule has 0 unspecified atom stereocenters. The molecule has 1 aliphatic heterocycles. The molecule has 3 N–H and O–H groups in total. The molecule has 0 saturated carbocycles. The summed E-state index contributed by atoms with van der Waals surface area (Å²) in [5.74, 6) is 1.71. The number of fused-ring (bicyclic) bond motifs is 3. The van der Waals surface area contributed by atoms with Crippen LogP contribution in [-0.4, -0.2) is 63.9 Å². The number of halogens is 1. The summed E-state index contributed by atoms with van der Waals surface area (Å²) >= 11 is 0. The lowest BCUT2D eigenvalue weighted by Crippen LogP contribution is -2.12. The molecule has 0 fully saturated rings. The highest BCUT2D eigenvalue weighted by molar-refractivity contribution is 6.05. The van der Waals surface area contributed by atoms with E-state index in [2.05, 4.69) is 25.7 Å². The van der Waals surface area contributed by atoms with Crippen molar-refractivity contribution in [3.63, 3.8) is 0 Å². The number of anilines is 2. The van der Waals surface area contributed by atoms with Gasteiger partial charge in [-0.05, 0) is 41.8 Å². The van der Waals surface area contributed by atoms with Crippen LogP contribution in [0.3, 0.4) is 0 Å². The maximum absolute atomic E-state index is 13.5. The standard InChI is InChI=1S/C24H28FN5O4/c1-26-27-6-7-32-8-9-33-10-11-34-22-13-16-12-20-23(19(16)15-21(22)31-2)29-30-24(20)28-18-5-3-4-17(25)14-18/h3-5,12-15,28-30H,6-11H2,1-2H3. The molecule has 0 saturated heterocycles. The van der Waals surface area contributed by atoms with Gasteiger partial charge in [0.15, 0.2) is 11.5 Å². The van der Waals surface area contributed by atoms with E-state index in [4.69, 9.17) is 18.9 Å². The van der Waals surface area contributed by atoms with E-state index < -0.39 is 0 Å². The highest BCUT2D eigenvalue weighted by Gasteiger charge is 2.19. The molecule has 2 aliphatic rings. The summed E-state index contributed by atoms with van der Waals surface area (Å²) in [4.78, 5) is 0. The predicted octanol–water partition coefficient (Wildman–Crippen LogP) is 4.99. The monoisotopic (exact) mass is 469 g/mol. The number of methoxy groups -OCH3 is 1. The summed E-state index contributed by atoms with van der Waals surface area (Å²) in [7, 11) is 3.24. The summed E-state index contributed by atoms with van der Waals surface area (Å²) in [5, 5.41) is 19.0. The number of hydrogen-bond acceptors (Lipinski definition) is 7. The summed E-state index contributed by atoms with van der Waals surface area (Å²) in [6.45, 7) is 2.87. The summed E-state index contributed by atoms with van der Waals surface area (Å²) < 4.78 is 35.9. The maximum atomic E-state index is 13.5. The van der Waals surface area contributed by atoms with Crippen LogP contribution in [0.15, 0.2) is 52.7 Å². The highest BCUT2D eigenvalue weighted by atomic mass is 19.1. The number of rotatable bonds is 13. The van der Waals surface area contributed by atoms with E-state index in [1.807, 2.05) is 18.2 Å². The predicted molar refractivity (Wildman–Crippen MR) is 128 cm³/mol. The minimum absolute atomic E-state index is 0.299. The number of aromatic amines is 2. The molecule has 0 atom stereocenters. The molecular formula is C24H28FN5O4. The number of H-pyrrole nitrogens is 2. The molecule has 2 aromatic rings. The largest absolute Gasteiger partial charge is 0.493 e. The molecule has 0 aromatic heterocycles. The zero-order chi connectivity index (χ0) is 23.8. The third-order valence-corrected chi connectivity index (χ3v) is 5.18. The minimum Gasteiger partial charge on any atom is -0.493 e. The third kappa shape index (κ3) is 5.64. The molecule has 1 aliphatic carbocycles. The molecule has 0 radical (unpaired) electrons. The number of azo groups is 1. The van der Waals surface area contributed by atoms with Crippen LogP contribution in [-0.2, 0) is 9.47 Å². The van der Waals surface area contributed by atoms with Gasteiger partial charge in [0.1, 0.15) is 18.2 Å². The first-order valence-corrected chi connectivity index (χ1v) is 11.0. The topological polar surface area (TPSA) is 105 Å². The fourth-order valence-electron chi connectivity index (χ4n) is 3.63. The van der Waals surface area contributed by atoms with Crippen molar-refractivity contribution in [2.45, 2.75) is 0 Å². The molecule has 34 heavy (non-hydrogen) atoms. The van der Waals surface area contributed by atoms with Crippen molar-refractivity contribution in [1.82, 2.24) is 10.2 Å². The second-order valence-corrected chi connectivity index (χ2v) is 7.42. The van der Waals surface area contributed by atoms with Crippen molar-refractivity contribution >= 4 is 22.3 Å². The van der Waals surface area contributed by atoms with E-state index in [0.29, 0.717) is 56.8 Å². The lowest BCUT2D eigenvalue weighted by atomic mass is 10.2. The molecule has 9 nitrogen and oxygen atoms in total. The van der Waals surface area contributed by atoms with Gasteiger partial charge >= 0.3 is 0 Å². The Labute approximate surface area is 196 Å². The first-order chi connectivity index (χ1) is 16.7. The Morgan fingerprint density at radius 1 is 0.941 bits per heavy atom. The number of ether oxygens (including phenoxy) is 4. The average molecular weight is 470 g/mol. The van der Waals surface area contributed by atoms with Crippen LogP contribution in [0.1, 0.15) is 0 Å². The van der Waals surface area contributed by atoms with E-state index in [-0.39, 0.29) is 5.82 Å². The van der Waals surface area contributed by atoms with Crippen molar-refractivity contribution in [2.75, 3.05) is 59.1 Å². The average Bonchev–Trinajstić information content (AvgIpc) is 3.39. The van der Waals surface area contributed by atoms with Gasteiger partial charge in [0.25, 0.3) is 0 Å². The Bertz CT molecular complexity index is 1210. The van der Waals surface area contributed by atoms with Crippen LogP contribution < -0.4 is 14.8 Å². The Morgan fingerprint density at radius 2 is 1.76 bits per heavy atom. The summed E-state index contributed by atoms with van der Waals surface area (Å²) in [5.41, 5.74) is 2.52. The van der Waals surface area contributed by atoms with Gasteiger partial charge in [-0.15, -0.1) is 0 Å². The van der Waals surface area contributed by atoms with Crippen LogP contribution >= 0.6 is 0 Å². The summed E-state index contributed by atoms with van der Waals surface area (Å²) in [6, 6.07) is 12.2. The SMILES string of the molecule is CN=NCCOCCOCCOc1cc2cc3c(Nc4cccc(F)c4)[nH][nH]c-3c2cc1OC. The van der Waals surface area contributed by atoms with E-state index in [1.165, 1.54) is 12.1 Å². The molecule has 1 heterocycles. The van der Waals surface area contributed by atoms with Gasteiger partial charge < -0.3 is 24.3 Å². The normalized spacial score (nSPS) is 11.6. The Balaban J connectivity index is 1.37. The number of aromatic nitrogens is 2. The van der Waals surface area contributed by atoms with Crippen LogP contribution in [0.5, 0.6) is 11.5 Å². The number of nitrogens with zero attached hydrogens (tertiary/aromatic N) is 2. The first-order valence-electron chi connectivity index (χ1n) is 11.0. The smallest absolute Gasteiger partial charge is 0.161 e. The van der Waals surface area contributed by atoms with Crippen LogP contribution in [0.4, 0.5) is 15.9 Å². The van der Waals surface area contributed by atoms with Gasteiger partial charge in [-0.25, -0.2) is 4.39 Å².